The van der Waals surface area contributed by atoms with Gasteiger partial charge in [-0.15, -0.1) is 0 Å². The lowest BCUT2D eigenvalue weighted by Crippen LogP contribution is -2.17. The highest BCUT2D eigenvalue weighted by atomic mass is 16.7. The molecule has 1 amide bonds. The second-order valence-electron chi connectivity index (χ2n) is 4.62. The SMILES string of the molecule is Cc1ccccc1/C=N\NC(=O)c1ccc2c(c1)OCO2. The molecule has 1 N–H and O–H groups in total. The average molecular weight is 282 g/mol. The van der Waals surface area contributed by atoms with Crippen LogP contribution in [0.2, 0.25) is 0 Å². The van der Waals surface area contributed by atoms with Gasteiger partial charge in [0.1, 0.15) is 0 Å². The van der Waals surface area contributed by atoms with E-state index < -0.39 is 0 Å². The van der Waals surface area contributed by atoms with Gasteiger partial charge in [-0.1, -0.05) is 24.3 Å². The fourth-order valence-corrected chi connectivity index (χ4v) is 1.99. The Morgan fingerprint density at radius 2 is 2.00 bits per heavy atom. The van der Waals surface area contributed by atoms with Gasteiger partial charge in [0.05, 0.1) is 6.21 Å². The van der Waals surface area contributed by atoms with Gasteiger partial charge in [-0.05, 0) is 36.2 Å². The van der Waals surface area contributed by atoms with Gasteiger partial charge in [-0.25, -0.2) is 5.43 Å². The third-order valence-corrected chi connectivity index (χ3v) is 3.19. The van der Waals surface area contributed by atoms with Crippen molar-refractivity contribution in [1.82, 2.24) is 5.43 Å². The molecule has 0 aliphatic carbocycles. The summed E-state index contributed by atoms with van der Waals surface area (Å²) in [6.45, 7) is 2.17. The quantitative estimate of drug-likeness (QED) is 0.695. The van der Waals surface area contributed by atoms with Crippen LogP contribution in [0.25, 0.3) is 0 Å². The van der Waals surface area contributed by atoms with E-state index in [1.54, 1.807) is 24.4 Å². The van der Waals surface area contributed by atoms with Gasteiger partial charge in [-0.2, -0.15) is 5.10 Å². The zero-order valence-electron chi connectivity index (χ0n) is 11.5. The van der Waals surface area contributed by atoms with Crippen LogP contribution in [0.15, 0.2) is 47.6 Å². The largest absolute Gasteiger partial charge is 0.454 e. The van der Waals surface area contributed by atoms with E-state index in [0.29, 0.717) is 17.1 Å². The van der Waals surface area contributed by atoms with Crippen molar-refractivity contribution in [3.63, 3.8) is 0 Å². The van der Waals surface area contributed by atoms with Crippen LogP contribution in [0.4, 0.5) is 0 Å². The van der Waals surface area contributed by atoms with Gasteiger partial charge < -0.3 is 9.47 Å². The van der Waals surface area contributed by atoms with Crippen molar-refractivity contribution in [2.45, 2.75) is 6.92 Å². The van der Waals surface area contributed by atoms with Crippen LogP contribution in [0.5, 0.6) is 11.5 Å². The van der Waals surface area contributed by atoms with Crippen molar-refractivity contribution in [2.75, 3.05) is 6.79 Å². The average Bonchev–Trinajstić information content (AvgIpc) is 2.96. The number of hydrogen-bond donors (Lipinski definition) is 1. The van der Waals surface area contributed by atoms with E-state index in [0.717, 1.165) is 11.1 Å². The number of rotatable bonds is 3. The molecule has 0 atom stereocenters. The first-order valence-corrected chi connectivity index (χ1v) is 6.53. The van der Waals surface area contributed by atoms with Gasteiger partial charge in [-0.3, -0.25) is 4.79 Å². The summed E-state index contributed by atoms with van der Waals surface area (Å²) >= 11 is 0. The van der Waals surface area contributed by atoms with Gasteiger partial charge in [0.2, 0.25) is 6.79 Å². The van der Waals surface area contributed by atoms with Gasteiger partial charge in [0, 0.05) is 5.56 Å². The Balaban J connectivity index is 1.68. The number of aryl methyl sites for hydroxylation is 1. The molecular weight excluding hydrogens is 268 g/mol. The summed E-state index contributed by atoms with van der Waals surface area (Å²) in [4.78, 5) is 12.0. The maximum atomic E-state index is 12.0. The smallest absolute Gasteiger partial charge is 0.271 e. The van der Waals surface area contributed by atoms with E-state index in [1.165, 1.54) is 0 Å². The molecule has 5 heteroatoms. The number of amides is 1. The molecule has 106 valence electrons. The lowest BCUT2D eigenvalue weighted by molar-refractivity contribution is 0.0954. The van der Waals surface area contributed by atoms with Gasteiger partial charge in [0.15, 0.2) is 11.5 Å². The highest BCUT2D eigenvalue weighted by Gasteiger charge is 2.15. The molecule has 3 rings (SSSR count). The number of benzene rings is 2. The number of hydrazone groups is 1. The van der Waals surface area contributed by atoms with Gasteiger partial charge >= 0.3 is 0 Å². The summed E-state index contributed by atoms with van der Waals surface area (Å²) in [5.74, 6) is 0.929. The molecule has 2 aromatic rings. The maximum absolute atomic E-state index is 12.0. The molecule has 0 radical (unpaired) electrons. The Kier molecular flexibility index (Phi) is 3.55. The normalized spacial score (nSPS) is 12.6. The maximum Gasteiger partial charge on any atom is 0.271 e. The molecule has 0 aromatic heterocycles. The Hall–Kier alpha value is -2.82. The summed E-state index contributed by atoms with van der Waals surface area (Å²) in [5, 5.41) is 3.98. The predicted molar refractivity (Wildman–Crippen MR) is 78.8 cm³/mol. The van der Waals surface area contributed by atoms with Crippen molar-refractivity contribution in [3.8, 4) is 11.5 Å². The summed E-state index contributed by atoms with van der Waals surface area (Å²) in [6, 6.07) is 12.8. The molecule has 0 spiro atoms. The first-order chi connectivity index (χ1) is 10.2. The second kappa shape index (κ2) is 5.66. The minimum Gasteiger partial charge on any atom is -0.454 e. The van der Waals surface area contributed by atoms with Crippen molar-refractivity contribution in [1.29, 1.82) is 0 Å². The molecule has 0 fully saturated rings. The van der Waals surface area contributed by atoms with Crippen LogP contribution < -0.4 is 14.9 Å². The molecule has 5 nitrogen and oxygen atoms in total. The first-order valence-electron chi connectivity index (χ1n) is 6.53. The van der Waals surface area contributed by atoms with Crippen molar-refractivity contribution >= 4 is 12.1 Å². The molecule has 0 unspecified atom stereocenters. The predicted octanol–water partition coefficient (Wildman–Crippen LogP) is 2.49. The molecule has 0 saturated heterocycles. The number of carbonyl (C=O) groups excluding carboxylic acids is 1. The lowest BCUT2D eigenvalue weighted by atomic mass is 10.1. The van der Waals surface area contributed by atoms with E-state index in [-0.39, 0.29) is 12.7 Å². The van der Waals surface area contributed by atoms with E-state index >= 15 is 0 Å². The second-order valence-corrected chi connectivity index (χ2v) is 4.62. The highest BCUT2D eigenvalue weighted by Crippen LogP contribution is 2.32. The molecule has 1 aliphatic rings. The van der Waals surface area contributed by atoms with Gasteiger partial charge in [0.25, 0.3) is 5.91 Å². The zero-order valence-corrected chi connectivity index (χ0v) is 11.5. The van der Waals surface area contributed by atoms with Crippen LogP contribution in [-0.4, -0.2) is 18.9 Å². The monoisotopic (exact) mass is 282 g/mol. The Bertz CT molecular complexity index is 710. The standard InChI is InChI=1S/C16H14N2O3/c1-11-4-2-3-5-13(11)9-17-18-16(19)12-6-7-14-15(8-12)21-10-20-14/h2-9H,10H2,1H3,(H,18,19)/b17-9-. The summed E-state index contributed by atoms with van der Waals surface area (Å²) in [6.07, 6.45) is 1.63. The Morgan fingerprint density at radius 3 is 2.86 bits per heavy atom. The molecule has 0 saturated carbocycles. The highest BCUT2D eigenvalue weighted by molar-refractivity contribution is 5.95. The third-order valence-electron chi connectivity index (χ3n) is 3.19. The van der Waals surface area contributed by atoms with Crippen molar-refractivity contribution in [3.05, 3.63) is 59.2 Å². The van der Waals surface area contributed by atoms with E-state index in [9.17, 15) is 4.79 Å². The van der Waals surface area contributed by atoms with Crippen molar-refractivity contribution in [2.24, 2.45) is 5.10 Å². The molecule has 2 aromatic carbocycles. The van der Waals surface area contributed by atoms with E-state index in [2.05, 4.69) is 10.5 Å². The van der Waals surface area contributed by atoms with Crippen LogP contribution in [0.1, 0.15) is 21.5 Å². The summed E-state index contributed by atoms with van der Waals surface area (Å²) in [7, 11) is 0. The van der Waals surface area contributed by atoms with Crippen LogP contribution in [0.3, 0.4) is 0 Å². The van der Waals surface area contributed by atoms with Crippen molar-refractivity contribution < 1.29 is 14.3 Å². The summed E-state index contributed by atoms with van der Waals surface area (Å²) < 4.78 is 10.4. The van der Waals surface area contributed by atoms with Crippen LogP contribution in [-0.2, 0) is 0 Å². The molecule has 0 bridgehead atoms. The Morgan fingerprint density at radius 1 is 1.19 bits per heavy atom. The first kappa shape index (κ1) is 13.2. The Labute approximate surface area is 122 Å². The number of fused-ring (bicyclic) bond motifs is 1. The fraction of sp³-hybridized carbons (Fsp3) is 0.125. The van der Waals surface area contributed by atoms with Crippen LogP contribution in [0, 0.1) is 6.92 Å². The molecule has 1 heterocycles. The topological polar surface area (TPSA) is 59.9 Å². The minimum atomic E-state index is -0.293. The van der Waals surface area contributed by atoms with Crippen LogP contribution >= 0.6 is 0 Å². The fourth-order valence-electron chi connectivity index (χ4n) is 1.99. The zero-order chi connectivity index (χ0) is 14.7. The summed E-state index contributed by atoms with van der Waals surface area (Å²) in [5.41, 5.74) is 5.03. The number of hydrogen-bond acceptors (Lipinski definition) is 4. The van der Waals surface area contributed by atoms with E-state index in [4.69, 9.17) is 9.47 Å². The molecule has 21 heavy (non-hydrogen) atoms. The number of ether oxygens (including phenoxy) is 2. The number of nitrogens with zero attached hydrogens (tertiary/aromatic N) is 1. The third kappa shape index (κ3) is 2.86. The number of carbonyl (C=O) groups is 1. The number of nitrogens with one attached hydrogen (secondary N) is 1. The lowest BCUT2D eigenvalue weighted by Gasteiger charge is -2.02. The van der Waals surface area contributed by atoms with E-state index in [1.807, 2.05) is 31.2 Å². The molecule has 1 aliphatic heterocycles. The molecular formula is C16H14N2O3. The minimum absolute atomic E-state index is 0.186.